The van der Waals surface area contributed by atoms with Gasteiger partial charge < -0.3 is 5.32 Å². The van der Waals surface area contributed by atoms with Crippen LogP contribution in [0.3, 0.4) is 0 Å². The van der Waals surface area contributed by atoms with Crippen molar-refractivity contribution < 1.29 is 0 Å². The highest BCUT2D eigenvalue weighted by Gasteiger charge is 2.10. The zero-order chi connectivity index (χ0) is 14.5. The number of benzene rings is 1. The smallest absolute Gasteiger partial charge is 0.133 e. The van der Waals surface area contributed by atoms with Gasteiger partial charge in [0, 0.05) is 22.9 Å². The predicted octanol–water partition coefficient (Wildman–Crippen LogP) is 4.47. The summed E-state index contributed by atoms with van der Waals surface area (Å²) in [6, 6.07) is 7.91. The molecule has 0 aliphatic carbocycles. The van der Waals surface area contributed by atoms with E-state index in [0.29, 0.717) is 0 Å². The SMILES string of the molecule is CCNc1nc(C)nc(SCc2ccccc2Cl)c1C. The summed E-state index contributed by atoms with van der Waals surface area (Å²) in [5.41, 5.74) is 2.22. The highest BCUT2D eigenvalue weighted by atomic mass is 35.5. The van der Waals surface area contributed by atoms with Crippen LogP contribution in [-0.4, -0.2) is 16.5 Å². The molecule has 0 bridgehead atoms. The molecule has 106 valence electrons. The van der Waals surface area contributed by atoms with E-state index in [1.807, 2.05) is 38.1 Å². The van der Waals surface area contributed by atoms with Gasteiger partial charge in [0.05, 0.1) is 0 Å². The zero-order valence-corrected chi connectivity index (χ0v) is 13.5. The van der Waals surface area contributed by atoms with E-state index in [4.69, 9.17) is 11.6 Å². The molecule has 1 aromatic heterocycles. The summed E-state index contributed by atoms with van der Waals surface area (Å²) in [5, 5.41) is 5.09. The van der Waals surface area contributed by atoms with Crippen molar-refractivity contribution in [3.63, 3.8) is 0 Å². The summed E-state index contributed by atoms with van der Waals surface area (Å²) in [6.07, 6.45) is 0. The number of nitrogens with zero attached hydrogens (tertiary/aromatic N) is 2. The lowest BCUT2D eigenvalue weighted by Gasteiger charge is -2.12. The maximum Gasteiger partial charge on any atom is 0.133 e. The molecule has 1 N–H and O–H groups in total. The van der Waals surface area contributed by atoms with Gasteiger partial charge in [-0.2, -0.15) is 0 Å². The Labute approximate surface area is 129 Å². The summed E-state index contributed by atoms with van der Waals surface area (Å²) in [6.45, 7) is 6.88. The molecule has 3 nitrogen and oxygen atoms in total. The van der Waals surface area contributed by atoms with Gasteiger partial charge in [-0.05, 0) is 32.4 Å². The van der Waals surface area contributed by atoms with Gasteiger partial charge in [-0.25, -0.2) is 9.97 Å². The van der Waals surface area contributed by atoms with E-state index >= 15 is 0 Å². The van der Waals surface area contributed by atoms with Gasteiger partial charge in [-0.1, -0.05) is 29.8 Å². The van der Waals surface area contributed by atoms with Crippen LogP contribution in [-0.2, 0) is 5.75 Å². The molecule has 20 heavy (non-hydrogen) atoms. The summed E-state index contributed by atoms with van der Waals surface area (Å²) < 4.78 is 0. The fourth-order valence-electron chi connectivity index (χ4n) is 1.84. The van der Waals surface area contributed by atoms with Crippen LogP contribution in [0, 0.1) is 13.8 Å². The minimum absolute atomic E-state index is 0.785. The number of hydrogen-bond acceptors (Lipinski definition) is 4. The highest BCUT2D eigenvalue weighted by molar-refractivity contribution is 7.98. The molecule has 0 aliphatic heterocycles. The van der Waals surface area contributed by atoms with Crippen LogP contribution in [0.5, 0.6) is 0 Å². The number of hydrogen-bond donors (Lipinski definition) is 1. The van der Waals surface area contributed by atoms with E-state index in [1.54, 1.807) is 11.8 Å². The lowest BCUT2D eigenvalue weighted by atomic mass is 10.2. The third-order valence-corrected chi connectivity index (χ3v) is 4.37. The van der Waals surface area contributed by atoms with Crippen molar-refractivity contribution in [3.8, 4) is 0 Å². The standard InChI is InChI=1S/C15H18ClN3S/c1-4-17-14-10(2)15(19-11(3)18-14)20-9-12-7-5-6-8-13(12)16/h5-8H,4,9H2,1-3H3,(H,17,18,19). The summed E-state index contributed by atoms with van der Waals surface area (Å²) >= 11 is 7.88. The number of rotatable bonds is 5. The lowest BCUT2D eigenvalue weighted by Crippen LogP contribution is -2.05. The minimum Gasteiger partial charge on any atom is -0.370 e. The molecule has 2 aromatic rings. The van der Waals surface area contributed by atoms with Gasteiger partial charge in [0.2, 0.25) is 0 Å². The van der Waals surface area contributed by atoms with E-state index in [9.17, 15) is 0 Å². The first-order valence-corrected chi connectivity index (χ1v) is 7.93. The number of halogens is 1. The molecule has 0 saturated carbocycles. The second-order valence-electron chi connectivity index (χ2n) is 4.46. The first-order valence-electron chi connectivity index (χ1n) is 6.57. The van der Waals surface area contributed by atoms with Crippen LogP contribution < -0.4 is 5.32 Å². The molecule has 2 rings (SSSR count). The van der Waals surface area contributed by atoms with E-state index in [-0.39, 0.29) is 0 Å². The van der Waals surface area contributed by atoms with Crippen LogP contribution in [0.15, 0.2) is 29.3 Å². The van der Waals surface area contributed by atoms with Gasteiger partial charge in [0.1, 0.15) is 16.7 Å². The molecule has 0 radical (unpaired) electrons. The van der Waals surface area contributed by atoms with Crippen molar-refractivity contribution in [2.24, 2.45) is 0 Å². The largest absolute Gasteiger partial charge is 0.370 e. The Morgan fingerprint density at radius 1 is 1.20 bits per heavy atom. The number of nitrogens with one attached hydrogen (secondary N) is 1. The fraction of sp³-hybridized carbons (Fsp3) is 0.333. The van der Waals surface area contributed by atoms with Crippen LogP contribution in [0.25, 0.3) is 0 Å². The van der Waals surface area contributed by atoms with Gasteiger partial charge in [0.25, 0.3) is 0 Å². The molecular formula is C15H18ClN3S. The Balaban J connectivity index is 2.19. The Hall–Kier alpha value is -1.26. The maximum atomic E-state index is 6.18. The van der Waals surface area contributed by atoms with Crippen molar-refractivity contribution in [2.75, 3.05) is 11.9 Å². The van der Waals surface area contributed by atoms with E-state index < -0.39 is 0 Å². The average Bonchev–Trinajstić information content (AvgIpc) is 2.42. The Morgan fingerprint density at radius 2 is 1.95 bits per heavy atom. The van der Waals surface area contributed by atoms with Gasteiger partial charge >= 0.3 is 0 Å². The summed E-state index contributed by atoms with van der Waals surface area (Å²) in [4.78, 5) is 8.96. The third-order valence-electron chi connectivity index (χ3n) is 2.88. The molecule has 0 aliphatic rings. The van der Waals surface area contributed by atoms with E-state index in [1.165, 1.54) is 0 Å². The Morgan fingerprint density at radius 3 is 2.65 bits per heavy atom. The number of anilines is 1. The van der Waals surface area contributed by atoms with Gasteiger partial charge in [0.15, 0.2) is 0 Å². The summed E-state index contributed by atoms with van der Waals surface area (Å²) in [5.74, 6) is 2.51. The van der Waals surface area contributed by atoms with Crippen molar-refractivity contribution in [2.45, 2.75) is 31.6 Å². The first kappa shape index (κ1) is 15.1. The minimum atomic E-state index is 0.785. The molecular weight excluding hydrogens is 290 g/mol. The first-order chi connectivity index (χ1) is 9.61. The van der Waals surface area contributed by atoms with Crippen LogP contribution in [0.2, 0.25) is 5.02 Å². The fourth-order valence-corrected chi connectivity index (χ4v) is 3.18. The molecule has 0 fully saturated rings. The quantitative estimate of drug-likeness (QED) is 0.653. The van der Waals surface area contributed by atoms with Gasteiger partial charge in [-0.3, -0.25) is 0 Å². The van der Waals surface area contributed by atoms with Crippen LogP contribution in [0.4, 0.5) is 5.82 Å². The molecule has 0 atom stereocenters. The monoisotopic (exact) mass is 307 g/mol. The Kier molecular flexibility index (Phi) is 5.26. The molecule has 1 aromatic carbocycles. The second kappa shape index (κ2) is 6.95. The molecule has 0 amide bonds. The molecule has 0 spiro atoms. The molecule has 0 unspecified atom stereocenters. The predicted molar refractivity (Wildman–Crippen MR) is 86.7 cm³/mol. The van der Waals surface area contributed by atoms with Crippen LogP contribution >= 0.6 is 23.4 Å². The highest BCUT2D eigenvalue weighted by Crippen LogP contribution is 2.29. The Bertz CT molecular complexity index is 602. The lowest BCUT2D eigenvalue weighted by molar-refractivity contribution is 0.932. The van der Waals surface area contributed by atoms with E-state index in [2.05, 4.69) is 22.2 Å². The molecule has 5 heteroatoms. The average molecular weight is 308 g/mol. The maximum absolute atomic E-state index is 6.18. The van der Waals surface area contributed by atoms with Crippen molar-refractivity contribution in [1.82, 2.24) is 9.97 Å². The number of aryl methyl sites for hydroxylation is 1. The van der Waals surface area contributed by atoms with Crippen molar-refractivity contribution in [1.29, 1.82) is 0 Å². The number of thioether (sulfide) groups is 1. The van der Waals surface area contributed by atoms with Crippen molar-refractivity contribution in [3.05, 3.63) is 46.2 Å². The third kappa shape index (κ3) is 3.64. The topological polar surface area (TPSA) is 37.8 Å². The van der Waals surface area contributed by atoms with Gasteiger partial charge in [-0.15, -0.1) is 11.8 Å². The summed E-state index contributed by atoms with van der Waals surface area (Å²) in [7, 11) is 0. The molecule has 0 saturated heterocycles. The van der Waals surface area contributed by atoms with Crippen molar-refractivity contribution >= 4 is 29.2 Å². The zero-order valence-electron chi connectivity index (χ0n) is 11.9. The van der Waals surface area contributed by atoms with Crippen LogP contribution in [0.1, 0.15) is 23.9 Å². The number of aromatic nitrogens is 2. The van der Waals surface area contributed by atoms with E-state index in [0.717, 1.165) is 45.1 Å². The second-order valence-corrected chi connectivity index (χ2v) is 5.83. The normalized spacial score (nSPS) is 10.6. The molecule has 1 heterocycles.